The van der Waals surface area contributed by atoms with Crippen molar-refractivity contribution < 1.29 is 35.5 Å². The molecule has 0 spiro atoms. The van der Waals surface area contributed by atoms with Crippen molar-refractivity contribution in [3.05, 3.63) is 70.0 Å². The maximum Gasteiger partial charge on any atom is 0.416 e. The van der Waals surface area contributed by atoms with Gasteiger partial charge in [-0.1, -0.05) is 6.07 Å². The lowest BCUT2D eigenvalue weighted by Crippen LogP contribution is -2.52. The lowest BCUT2D eigenvalue weighted by Gasteiger charge is -2.40. The first-order valence-electron chi connectivity index (χ1n) is 10.5. The SMILES string of the molecule is Cc1cc(F)ccc1C1CNCCN1C(=O)N(C)C(C)c1cc(C(F)(F)F)cc(C(F)(F)F)c1.Cl. The molecule has 2 atom stereocenters. The van der Waals surface area contributed by atoms with E-state index in [4.69, 9.17) is 0 Å². The van der Waals surface area contributed by atoms with Crippen LogP contribution in [0.1, 0.15) is 46.8 Å². The fourth-order valence-corrected chi connectivity index (χ4v) is 4.04. The number of nitrogens with one attached hydrogen (secondary N) is 1. The number of carbonyl (C=O) groups excluding carboxylic acids is 1. The summed E-state index contributed by atoms with van der Waals surface area (Å²) in [6, 6.07) is 3.36. The van der Waals surface area contributed by atoms with Crippen molar-refractivity contribution in [1.29, 1.82) is 0 Å². The number of hydrogen-bond donors (Lipinski definition) is 1. The van der Waals surface area contributed by atoms with Crippen LogP contribution in [0.15, 0.2) is 36.4 Å². The molecule has 2 aromatic rings. The number of piperazine rings is 1. The molecule has 1 aliphatic rings. The van der Waals surface area contributed by atoms with Gasteiger partial charge in [0.25, 0.3) is 0 Å². The van der Waals surface area contributed by atoms with E-state index < -0.39 is 47.4 Å². The minimum atomic E-state index is -4.98. The third-order valence-corrected chi connectivity index (χ3v) is 6.06. The third kappa shape index (κ3) is 6.38. The molecule has 2 aromatic carbocycles. The predicted molar refractivity (Wildman–Crippen MR) is 119 cm³/mol. The molecule has 3 rings (SSSR count). The van der Waals surface area contributed by atoms with Gasteiger partial charge >= 0.3 is 18.4 Å². The van der Waals surface area contributed by atoms with Gasteiger partial charge in [0.1, 0.15) is 5.82 Å². The lowest BCUT2D eigenvalue weighted by molar-refractivity contribution is -0.143. The Kier molecular flexibility index (Phi) is 8.70. The van der Waals surface area contributed by atoms with E-state index in [0.29, 0.717) is 36.3 Å². The van der Waals surface area contributed by atoms with Gasteiger partial charge in [-0.15, -0.1) is 12.4 Å². The number of alkyl halides is 6. The summed E-state index contributed by atoms with van der Waals surface area (Å²) >= 11 is 0. The molecule has 1 saturated heterocycles. The molecule has 35 heavy (non-hydrogen) atoms. The zero-order valence-electron chi connectivity index (χ0n) is 19.1. The van der Waals surface area contributed by atoms with Crippen molar-refractivity contribution in [3.63, 3.8) is 0 Å². The van der Waals surface area contributed by atoms with Crippen LogP contribution in [0.5, 0.6) is 0 Å². The zero-order chi connectivity index (χ0) is 25.4. The Morgan fingerprint density at radius 3 is 2.14 bits per heavy atom. The zero-order valence-corrected chi connectivity index (χ0v) is 19.9. The minimum absolute atomic E-state index is 0. The van der Waals surface area contributed by atoms with Crippen LogP contribution < -0.4 is 5.32 Å². The maximum atomic E-state index is 13.6. The number of amides is 2. The van der Waals surface area contributed by atoms with Gasteiger partial charge in [0.15, 0.2) is 0 Å². The fourth-order valence-electron chi connectivity index (χ4n) is 4.04. The number of aryl methyl sites for hydroxylation is 1. The Morgan fingerprint density at radius 2 is 1.63 bits per heavy atom. The van der Waals surface area contributed by atoms with E-state index in [1.807, 2.05) is 0 Å². The number of rotatable bonds is 3. The van der Waals surface area contributed by atoms with E-state index in [0.717, 1.165) is 4.90 Å². The quantitative estimate of drug-likeness (QED) is 0.472. The highest BCUT2D eigenvalue weighted by Crippen LogP contribution is 2.38. The second kappa shape index (κ2) is 10.6. The average Bonchev–Trinajstić information content (AvgIpc) is 2.76. The summed E-state index contributed by atoms with van der Waals surface area (Å²) in [6.07, 6.45) is -9.97. The molecule has 0 saturated carbocycles. The summed E-state index contributed by atoms with van der Waals surface area (Å²) in [6.45, 7) is 4.14. The van der Waals surface area contributed by atoms with Crippen molar-refractivity contribution in [1.82, 2.24) is 15.1 Å². The molecule has 0 radical (unpaired) electrons. The molecule has 0 bridgehead atoms. The van der Waals surface area contributed by atoms with Crippen molar-refractivity contribution >= 4 is 18.4 Å². The van der Waals surface area contributed by atoms with Gasteiger partial charge in [-0.05, 0) is 60.9 Å². The molecule has 0 aliphatic carbocycles. The van der Waals surface area contributed by atoms with Crippen molar-refractivity contribution in [2.45, 2.75) is 38.3 Å². The first kappa shape index (κ1) is 28.7. The molecule has 4 nitrogen and oxygen atoms in total. The van der Waals surface area contributed by atoms with E-state index in [2.05, 4.69) is 5.32 Å². The monoisotopic (exact) mass is 527 g/mol. The van der Waals surface area contributed by atoms with Crippen molar-refractivity contribution in [3.8, 4) is 0 Å². The third-order valence-electron chi connectivity index (χ3n) is 6.06. The standard InChI is InChI=1S/C23H24F7N3O.ClH/c1-13-8-18(24)4-5-19(13)20-12-31-6-7-33(20)21(34)32(3)14(2)15-9-16(22(25,26)27)11-17(10-15)23(28,29)30;/h4-5,8-11,14,20,31H,6-7,12H2,1-3H3;1H. The van der Waals surface area contributed by atoms with E-state index in [-0.39, 0.29) is 30.6 Å². The number of nitrogens with zero attached hydrogens (tertiary/aromatic N) is 2. The van der Waals surface area contributed by atoms with Gasteiger partial charge in [0.2, 0.25) is 0 Å². The Labute approximate surface area is 204 Å². The largest absolute Gasteiger partial charge is 0.416 e. The summed E-state index contributed by atoms with van der Waals surface area (Å²) in [5.41, 5.74) is -1.85. The molecule has 1 fully saturated rings. The molecule has 12 heteroatoms. The second-order valence-corrected chi connectivity index (χ2v) is 8.32. The van der Waals surface area contributed by atoms with E-state index >= 15 is 0 Å². The van der Waals surface area contributed by atoms with Crippen LogP contribution >= 0.6 is 12.4 Å². The first-order chi connectivity index (χ1) is 15.7. The second-order valence-electron chi connectivity index (χ2n) is 8.32. The topological polar surface area (TPSA) is 35.6 Å². The fraction of sp³-hybridized carbons (Fsp3) is 0.435. The number of halogens is 8. The molecule has 1 N–H and O–H groups in total. The van der Waals surface area contributed by atoms with E-state index in [9.17, 15) is 35.5 Å². The van der Waals surface area contributed by atoms with Crippen LogP contribution in [0.2, 0.25) is 0 Å². The van der Waals surface area contributed by atoms with Crippen LogP contribution in [0.4, 0.5) is 35.5 Å². The predicted octanol–water partition coefficient (Wildman–Crippen LogP) is 6.35. The average molecular weight is 528 g/mol. The Hall–Kier alpha value is -2.53. The normalized spacial score (nSPS) is 17.5. The highest BCUT2D eigenvalue weighted by molar-refractivity contribution is 5.85. The van der Waals surface area contributed by atoms with Crippen LogP contribution in [-0.2, 0) is 12.4 Å². The number of carbonyl (C=O) groups is 1. The van der Waals surface area contributed by atoms with Crippen LogP contribution in [0.25, 0.3) is 0 Å². The van der Waals surface area contributed by atoms with Gasteiger partial charge in [-0.2, -0.15) is 26.3 Å². The van der Waals surface area contributed by atoms with Crippen molar-refractivity contribution in [2.75, 3.05) is 26.7 Å². The number of urea groups is 1. The lowest BCUT2D eigenvalue weighted by atomic mass is 9.98. The molecular weight excluding hydrogens is 503 g/mol. The summed E-state index contributed by atoms with van der Waals surface area (Å²) in [4.78, 5) is 16.0. The van der Waals surface area contributed by atoms with Gasteiger partial charge in [-0.25, -0.2) is 9.18 Å². The summed E-state index contributed by atoms with van der Waals surface area (Å²) in [7, 11) is 1.33. The molecule has 2 unspecified atom stereocenters. The molecule has 194 valence electrons. The molecule has 1 aliphatic heterocycles. The number of hydrogen-bond acceptors (Lipinski definition) is 2. The number of benzene rings is 2. The maximum absolute atomic E-state index is 13.6. The molecular formula is C23H25ClF7N3O. The van der Waals surface area contributed by atoms with Gasteiger partial charge < -0.3 is 15.1 Å². The van der Waals surface area contributed by atoms with Gasteiger partial charge in [0, 0.05) is 26.7 Å². The Bertz CT molecular complexity index is 1030. The highest BCUT2D eigenvalue weighted by Gasteiger charge is 2.38. The van der Waals surface area contributed by atoms with Crippen LogP contribution in [0.3, 0.4) is 0 Å². The van der Waals surface area contributed by atoms with Crippen molar-refractivity contribution in [2.24, 2.45) is 0 Å². The van der Waals surface area contributed by atoms with E-state index in [1.54, 1.807) is 13.0 Å². The molecule has 1 heterocycles. The van der Waals surface area contributed by atoms with Crippen LogP contribution in [-0.4, -0.2) is 42.5 Å². The summed E-state index contributed by atoms with van der Waals surface area (Å²) in [5, 5.41) is 3.15. The van der Waals surface area contributed by atoms with Gasteiger partial charge in [0.05, 0.1) is 23.2 Å². The highest BCUT2D eigenvalue weighted by atomic mass is 35.5. The van der Waals surface area contributed by atoms with Crippen LogP contribution in [0, 0.1) is 12.7 Å². The Balaban J connectivity index is 0.00000432. The molecule has 0 aromatic heterocycles. The van der Waals surface area contributed by atoms with E-state index in [1.165, 1.54) is 31.0 Å². The molecule has 2 amide bonds. The summed E-state index contributed by atoms with van der Waals surface area (Å²) in [5.74, 6) is -0.432. The van der Waals surface area contributed by atoms with Gasteiger partial charge in [-0.3, -0.25) is 0 Å². The Morgan fingerprint density at radius 1 is 1.06 bits per heavy atom. The smallest absolute Gasteiger partial charge is 0.321 e. The first-order valence-corrected chi connectivity index (χ1v) is 10.5. The summed E-state index contributed by atoms with van der Waals surface area (Å²) < 4.78 is 93.2. The minimum Gasteiger partial charge on any atom is -0.321 e.